The Morgan fingerprint density at radius 2 is 1.80 bits per heavy atom. The lowest BCUT2D eigenvalue weighted by molar-refractivity contribution is 0.0544. The van der Waals surface area contributed by atoms with Gasteiger partial charge < -0.3 is 10.2 Å². The van der Waals surface area contributed by atoms with Gasteiger partial charge >= 0.3 is 0 Å². The maximum absolute atomic E-state index is 13.4. The molecule has 1 aromatic carbocycles. The van der Waals surface area contributed by atoms with Crippen molar-refractivity contribution in [3.05, 3.63) is 53.7 Å². The number of hydrogen-bond donors (Lipinski definition) is 1. The van der Waals surface area contributed by atoms with E-state index in [9.17, 15) is 9.59 Å². The first-order valence-corrected chi connectivity index (χ1v) is 10.3. The third-order valence-electron chi connectivity index (χ3n) is 6.28. The Balaban J connectivity index is 1.32. The fourth-order valence-corrected chi connectivity index (χ4v) is 4.89. The molecule has 5 rings (SSSR count). The van der Waals surface area contributed by atoms with Gasteiger partial charge in [-0.15, -0.1) is 0 Å². The van der Waals surface area contributed by atoms with Crippen molar-refractivity contribution in [3.63, 3.8) is 0 Å². The van der Waals surface area contributed by atoms with E-state index < -0.39 is 0 Å². The Morgan fingerprint density at radius 1 is 1.07 bits per heavy atom. The van der Waals surface area contributed by atoms with Gasteiger partial charge in [0.15, 0.2) is 5.69 Å². The predicted molar refractivity (Wildman–Crippen MR) is 111 cm³/mol. The molecule has 3 aromatic rings. The van der Waals surface area contributed by atoms with Crippen LogP contribution in [-0.4, -0.2) is 54.6 Å². The number of aromatic nitrogens is 4. The van der Waals surface area contributed by atoms with Crippen molar-refractivity contribution in [2.75, 3.05) is 0 Å². The molecule has 8 heteroatoms. The molecule has 2 aromatic heterocycles. The number of carbonyl (C=O) groups excluding carboxylic acids is 2. The first kappa shape index (κ1) is 18.7. The molecule has 4 heterocycles. The number of nitrogens with zero attached hydrogens (tertiary/aromatic N) is 5. The van der Waals surface area contributed by atoms with Gasteiger partial charge in [-0.1, -0.05) is 18.2 Å². The number of carbonyl (C=O) groups is 2. The van der Waals surface area contributed by atoms with Crippen LogP contribution in [0.15, 0.2) is 36.7 Å². The fourth-order valence-electron chi connectivity index (χ4n) is 4.89. The van der Waals surface area contributed by atoms with Crippen LogP contribution >= 0.6 is 0 Å². The minimum absolute atomic E-state index is 0.00604. The Morgan fingerprint density at radius 3 is 2.50 bits per heavy atom. The van der Waals surface area contributed by atoms with E-state index in [1.165, 1.54) is 6.20 Å². The lowest BCUT2D eigenvalue weighted by Gasteiger charge is -2.38. The summed E-state index contributed by atoms with van der Waals surface area (Å²) >= 11 is 0. The zero-order valence-electron chi connectivity index (χ0n) is 17.1. The molecule has 30 heavy (non-hydrogen) atoms. The van der Waals surface area contributed by atoms with E-state index in [0.29, 0.717) is 11.4 Å². The Labute approximate surface area is 174 Å². The molecule has 3 atom stereocenters. The van der Waals surface area contributed by atoms with E-state index >= 15 is 0 Å². The number of nitrogens with one attached hydrogen (secondary N) is 1. The molecule has 1 N–H and O–H groups in total. The van der Waals surface area contributed by atoms with Crippen molar-refractivity contribution in [2.24, 2.45) is 7.05 Å². The number of amides is 2. The molecule has 2 fully saturated rings. The van der Waals surface area contributed by atoms with Gasteiger partial charge in [0.25, 0.3) is 11.8 Å². The van der Waals surface area contributed by atoms with E-state index in [1.54, 1.807) is 10.9 Å². The molecule has 0 radical (unpaired) electrons. The molecule has 0 spiro atoms. The first-order valence-electron chi connectivity index (χ1n) is 10.3. The number of para-hydroxylation sites is 1. The van der Waals surface area contributed by atoms with Crippen LogP contribution in [0.25, 0.3) is 10.9 Å². The summed E-state index contributed by atoms with van der Waals surface area (Å²) in [7, 11) is 1.86. The Kier molecular flexibility index (Phi) is 4.49. The zero-order valence-corrected chi connectivity index (χ0v) is 17.1. The second kappa shape index (κ2) is 7.19. The van der Waals surface area contributed by atoms with Crippen LogP contribution in [0.3, 0.4) is 0 Å². The SMILES string of the molecule is Cc1cnc(C(=O)NC2C[C@H]3CC[C@@H](C2)N3C(=O)c2nn(C)c3ccccc23)cn1. The predicted octanol–water partition coefficient (Wildman–Crippen LogP) is 2.24. The van der Waals surface area contributed by atoms with Crippen molar-refractivity contribution in [1.82, 2.24) is 30.0 Å². The van der Waals surface area contributed by atoms with E-state index in [-0.39, 0.29) is 29.9 Å². The number of rotatable bonds is 3. The standard InChI is InChI=1S/C22H24N6O2/c1-13-11-24-18(12-23-13)21(29)25-14-9-15-7-8-16(10-14)28(15)22(30)20-17-5-3-4-6-19(17)27(2)26-20/h3-6,11-12,14-16H,7-10H2,1-2H3,(H,25,29)/t14?,15-,16+. The molecule has 2 saturated heterocycles. The van der Waals surface area contributed by atoms with Gasteiger partial charge in [-0.2, -0.15) is 5.10 Å². The summed E-state index contributed by atoms with van der Waals surface area (Å²) in [5, 5.41) is 8.49. The highest BCUT2D eigenvalue weighted by molar-refractivity contribution is 6.05. The second-order valence-corrected chi connectivity index (χ2v) is 8.27. The topological polar surface area (TPSA) is 93.0 Å². The minimum atomic E-state index is -0.206. The fraction of sp³-hybridized carbons (Fsp3) is 0.409. The number of benzene rings is 1. The van der Waals surface area contributed by atoms with Crippen LogP contribution in [-0.2, 0) is 7.05 Å². The first-order chi connectivity index (χ1) is 14.5. The minimum Gasteiger partial charge on any atom is -0.348 e. The molecule has 2 bridgehead atoms. The highest BCUT2D eigenvalue weighted by Crippen LogP contribution is 2.37. The van der Waals surface area contributed by atoms with Crippen LogP contribution in [0.5, 0.6) is 0 Å². The normalized spacial score (nSPS) is 23.0. The van der Waals surface area contributed by atoms with Crippen molar-refractivity contribution >= 4 is 22.7 Å². The summed E-state index contributed by atoms with van der Waals surface area (Å²) in [4.78, 5) is 36.3. The van der Waals surface area contributed by atoms with Gasteiger partial charge in [0.1, 0.15) is 5.69 Å². The maximum atomic E-state index is 13.4. The van der Waals surface area contributed by atoms with Gasteiger partial charge in [0, 0.05) is 36.8 Å². The molecular formula is C22H24N6O2. The van der Waals surface area contributed by atoms with Crippen LogP contribution in [0.2, 0.25) is 0 Å². The van der Waals surface area contributed by atoms with E-state index in [2.05, 4.69) is 20.4 Å². The van der Waals surface area contributed by atoms with Gasteiger partial charge in [-0.3, -0.25) is 19.3 Å². The summed E-state index contributed by atoms with van der Waals surface area (Å²) in [6.45, 7) is 1.84. The molecule has 0 saturated carbocycles. The largest absolute Gasteiger partial charge is 0.348 e. The van der Waals surface area contributed by atoms with E-state index in [1.807, 2.05) is 43.1 Å². The molecular weight excluding hydrogens is 380 g/mol. The Hall–Kier alpha value is -3.29. The summed E-state index contributed by atoms with van der Waals surface area (Å²) in [6.07, 6.45) is 6.51. The second-order valence-electron chi connectivity index (χ2n) is 8.27. The van der Waals surface area contributed by atoms with Gasteiger partial charge in [-0.05, 0) is 38.7 Å². The monoisotopic (exact) mass is 404 g/mol. The Bertz CT molecular complexity index is 1110. The summed E-state index contributed by atoms with van der Waals surface area (Å²) in [6, 6.07) is 8.08. The summed E-state index contributed by atoms with van der Waals surface area (Å²) in [5.74, 6) is -0.212. The van der Waals surface area contributed by atoms with Gasteiger partial charge in [-0.25, -0.2) is 4.98 Å². The van der Waals surface area contributed by atoms with Crippen LogP contribution in [0.1, 0.15) is 52.4 Å². The van der Waals surface area contributed by atoms with Crippen molar-refractivity contribution in [2.45, 2.75) is 50.7 Å². The molecule has 8 nitrogen and oxygen atoms in total. The molecule has 154 valence electrons. The lowest BCUT2D eigenvalue weighted by atomic mass is 9.96. The third kappa shape index (κ3) is 3.12. The van der Waals surface area contributed by atoms with Crippen molar-refractivity contribution < 1.29 is 9.59 Å². The summed E-state index contributed by atoms with van der Waals surface area (Å²) in [5.41, 5.74) is 2.57. The quantitative estimate of drug-likeness (QED) is 0.723. The van der Waals surface area contributed by atoms with Crippen molar-refractivity contribution in [3.8, 4) is 0 Å². The number of aryl methyl sites for hydroxylation is 2. The third-order valence-corrected chi connectivity index (χ3v) is 6.28. The molecule has 2 aliphatic rings. The lowest BCUT2D eigenvalue weighted by Crippen LogP contribution is -2.52. The molecule has 2 amide bonds. The number of fused-ring (bicyclic) bond motifs is 3. The average molecular weight is 404 g/mol. The highest BCUT2D eigenvalue weighted by Gasteiger charge is 2.44. The van der Waals surface area contributed by atoms with Crippen LogP contribution in [0, 0.1) is 6.92 Å². The average Bonchev–Trinajstić information content (AvgIpc) is 3.22. The van der Waals surface area contributed by atoms with E-state index in [0.717, 1.165) is 42.3 Å². The smallest absolute Gasteiger partial charge is 0.275 e. The summed E-state index contributed by atoms with van der Waals surface area (Å²) < 4.78 is 1.76. The van der Waals surface area contributed by atoms with Crippen LogP contribution in [0.4, 0.5) is 0 Å². The number of piperidine rings is 1. The van der Waals surface area contributed by atoms with Crippen molar-refractivity contribution in [1.29, 1.82) is 0 Å². The zero-order chi connectivity index (χ0) is 20.8. The van der Waals surface area contributed by atoms with Gasteiger partial charge in [0.2, 0.25) is 0 Å². The number of hydrogen-bond acceptors (Lipinski definition) is 5. The van der Waals surface area contributed by atoms with E-state index in [4.69, 9.17) is 0 Å². The molecule has 2 aliphatic heterocycles. The highest BCUT2D eigenvalue weighted by atomic mass is 16.2. The van der Waals surface area contributed by atoms with Crippen LogP contribution < -0.4 is 5.32 Å². The molecule has 0 aliphatic carbocycles. The maximum Gasteiger partial charge on any atom is 0.275 e. The van der Waals surface area contributed by atoms with Gasteiger partial charge in [0.05, 0.1) is 17.4 Å². The molecule has 1 unspecified atom stereocenters.